The van der Waals surface area contributed by atoms with E-state index in [1.54, 1.807) is 12.4 Å². The Bertz CT molecular complexity index is 439. The molecule has 0 saturated carbocycles. The van der Waals surface area contributed by atoms with Gasteiger partial charge in [0.2, 0.25) is 11.9 Å². The first kappa shape index (κ1) is 15.7. The molecule has 0 bridgehead atoms. The summed E-state index contributed by atoms with van der Waals surface area (Å²) in [6.45, 7) is 6.70. The minimum absolute atomic E-state index is 0.115. The lowest BCUT2D eigenvalue weighted by molar-refractivity contribution is -0.122. The van der Waals surface area contributed by atoms with E-state index in [4.69, 9.17) is 0 Å². The SMILES string of the molecule is CCNC(C)CC(=O)NC1CCCN(c2ncccn2)C1. The van der Waals surface area contributed by atoms with E-state index in [1.807, 2.05) is 19.9 Å². The van der Waals surface area contributed by atoms with E-state index in [2.05, 4.69) is 25.5 Å². The van der Waals surface area contributed by atoms with Gasteiger partial charge in [-0.2, -0.15) is 0 Å². The molecule has 1 aromatic heterocycles. The summed E-state index contributed by atoms with van der Waals surface area (Å²) in [5, 5.41) is 6.39. The van der Waals surface area contributed by atoms with Gasteiger partial charge < -0.3 is 15.5 Å². The topological polar surface area (TPSA) is 70.2 Å². The highest BCUT2D eigenvalue weighted by atomic mass is 16.1. The van der Waals surface area contributed by atoms with Gasteiger partial charge in [0.25, 0.3) is 0 Å². The van der Waals surface area contributed by atoms with E-state index in [1.165, 1.54) is 0 Å². The number of carbonyl (C=O) groups excluding carboxylic acids is 1. The predicted molar refractivity (Wildman–Crippen MR) is 83.2 cm³/mol. The molecular weight excluding hydrogens is 266 g/mol. The quantitative estimate of drug-likeness (QED) is 0.816. The Balaban J connectivity index is 1.83. The van der Waals surface area contributed by atoms with Crippen molar-refractivity contribution in [2.75, 3.05) is 24.5 Å². The number of carbonyl (C=O) groups is 1. The van der Waals surface area contributed by atoms with Crippen molar-refractivity contribution in [3.05, 3.63) is 18.5 Å². The van der Waals surface area contributed by atoms with Gasteiger partial charge in [0.15, 0.2) is 0 Å². The van der Waals surface area contributed by atoms with Crippen molar-refractivity contribution in [3.8, 4) is 0 Å². The van der Waals surface area contributed by atoms with Crippen molar-refractivity contribution in [3.63, 3.8) is 0 Å². The first-order chi connectivity index (χ1) is 10.2. The molecule has 0 aromatic carbocycles. The van der Waals surface area contributed by atoms with Crippen LogP contribution in [-0.2, 0) is 4.79 Å². The van der Waals surface area contributed by atoms with Gasteiger partial charge in [0.05, 0.1) is 0 Å². The monoisotopic (exact) mass is 291 g/mol. The number of aromatic nitrogens is 2. The van der Waals surface area contributed by atoms with Gasteiger partial charge in [0.1, 0.15) is 0 Å². The van der Waals surface area contributed by atoms with Crippen LogP contribution in [0.4, 0.5) is 5.95 Å². The van der Waals surface area contributed by atoms with E-state index in [0.717, 1.165) is 38.4 Å². The van der Waals surface area contributed by atoms with Crippen LogP contribution < -0.4 is 15.5 Å². The number of piperidine rings is 1. The minimum atomic E-state index is 0.115. The van der Waals surface area contributed by atoms with Crippen molar-refractivity contribution in [1.82, 2.24) is 20.6 Å². The summed E-state index contributed by atoms with van der Waals surface area (Å²) < 4.78 is 0. The zero-order valence-electron chi connectivity index (χ0n) is 12.9. The van der Waals surface area contributed by atoms with Crippen LogP contribution in [0.3, 0.4) is 0 Å². The Kier molecular flexibility index (Phi) is 5.92. The predicted octanol–water partition coefficient (Wildman–Crippen LogP) is 0.950. The van der Waals surface area contributed by atoms with Gasteiger partial charge >= 0.3 is 0 Å². The van der Waals surface area contributed by atoms with Crippen LogP contribution in [0.5, 0.6) is 0 Å². The Morgan fingerprint density at radius 1 is 1.48 bits per heavy atom. The summed E-state index contributed by atoms with van der Waals surface area (Å²) in [6, 6.07) is 2.21. The first-order valence-electron chi connectivity index (χ1n) is 7.73. The molecule has 6 nitrogen and oxygen atoms in total. The molecule has 21 heavy (non-hydrogen) atoms. The van der Waals surface area contributed by atoms with E-state index in [9.17, 15) is 4.79 Å². The van der Waals surface area contributed by atoms with Gasteiger partial charge in [-0.3, -0.25) is 4.79 Å². The average molecular weight is 291 g/mol. The third-order valence-corrected chi connectivity index (χ3v) is 3.67. The molecule has 1 amide bonds. The zero-order valence-corrected chi connectivity index (χ0v) is 12.9. The van der Waals surface area contributed by atoms with Gasteiger partial charge in [-0.05, 0) is 32.4 Å². The Hall–Kier alpha value is -1.69. The number of rotatable bonds is 6. The van der Waals surface area contributed by atoms with Crippen LogP contribution in [0.2, 0.25) is 0 Å². The number of nitrogens with one attached hydrogen (secondary N) is 2. The summed E-state index contributed by atoms with van der Waals surface area (Å²) >= 11 is 0. The second-order valence-corrected chi connectivity index (χ2v) is 5.56. The van der Waals surface area contributed by atoms with Crippen LogP contribution in [0.25, 0.3) is 0 Å². The van der Waals surface area contributed by atoms with Crippen LogP contribution >= 0.6 is 0 Å². The fraction of sp³-hybridized carbons (Fsp3) is 0.667. The maximum Gasteiger partial charge on any atom is 0.225 e. The number of hydrogen-bond acceptors (Lipinski definition) is 5. The largest absolute Gasteiger partial charge is 0.352 e. The molecule has 1 saturated heterocycles. The van der Waals surface area contributed by atoms with Crippen LogP contribution in [0.1, 0.15) is 33.1 Å². The second-order valence-electron chi connectivity index (χ2n) is 5.56. The number of nitrogens with zero attached hydrogens (tertiary/aromatic N) is 3. The summed E-state index contributed by atoms with van der Waals surface area (Å²) in [5.41, 5.74) is 0. The molecule has 1 aromatic rings. The molecule has 0 aliphatic carbocycles. The van der Waals surface area contributed by atoms with Crippen LogP contribution in [0.15, 0.2) is 18.5 Å². The van der Waals surface area contributed by atoms with Crippen molar-refractivity contribution in [2.45, 2.75) is 45.2 Å². The lowest BCUT2D eigenvalue weighted by atomic mass is 10.1. The van der Waals surface area contributed by atoms with Gasteiger partial charge in [-0.25, -0.2) is 9.97 Å². The highest BCUT2D eigenvalue weighted by Crippen LogP contribution is 2.15. The maximum absolute atomic E-state index is 12.0. The lowest BCUT2D eigenvalue weighted by Gasteiger charge is -2.33. The highest BCUT2D eigenvalue weighted by molar-refractivity contribution is 5.77. The summed E-state index contributed by atoms with van der Waals surface area (Å²) in [5.74, 6) is 0.863. The first-order valence-corrected chi connectivity index (χ1v) is 7.73. The smallest absolute Gasteiger partial charge is 0.225 e. The van der Waals surface area contributed by atoms with E-state index in [-0.39, 0.29) is 18.0 Å². The lowest BCUT2D eigenvalue weighted by Crippen LogP contribution is -2.49. The standard InChI is InChI=1S/C15H25N5O/c1-3-16-12(2)10-14(21)19-13-6-4-9-20(11-13)15-17-7-5-8-18-15/h5,7-8,12-13,16H,3-4,6,9-11H2,1-2H3,(H,19,21). The molecule has 2 heterocycles. The molecule has 2 N–H and O–H groups in total. The minimum Gasteiger partial charge on any atom is -0.352 e. The van der Waals surface area contributed by atoms with Crippen LogP contribution in [0, 0.1) is 0 Å². The fourth-order valence-electron chi connectivity index (χ4n) is 2.72. The number of hydrogen-bond donors (Lipinski definition) is 2. The van der Waals surface area contributed by atoms with E-state index in [0.29, 0.717) is 6.42 Å². The van der Waals surface area contributed by atoms with Crippen molar-refractivity contribution in [2.24, 2.45) is 0 Å². The Morgan fingerprint density at radius 2 is 2.24 bits per heavy atom. The highest BCUT2D eigenvalue weighted by Gasteiger charge is 2.23. The third-order valence-electron chi connectivity index (χ3n) is 3.67. The molecule has 2 rings (SSSR count). The van der Waals surface area contributed by atoms with Crippen molar-refractivity contribution in [1.29, 1.82) is 0 Å². The van der Waals surface area contributed by atoms with Crippen LogP contribution in [-0.4, -0.2) is 47.6 Å². The molecule has 116 valence electrons. The molecule has 1 aliphatic rings. The summed E-state index contributed by atoms with van der Waals surface area (Å²) in [7, 11) is 0. The molecule has 0 spiro atoms. The summed E-state index contributed by atoms with van der Waals surface area (Å²) in [6.07, 6.45) is 6.09. The van der Waals surface area contributed by atoms with E-state index < -0.39 is 0 Å². The molecule has 1 fully saturated rings. The van der Waals surface area contributed by atoms with Gasteiger partial charge in [0, 0.05) is 44.0 Å². The molecule has 2 atom stereocenters. The fourth-order valence-corrected chi connectivity index (χ4v) is 2.72. The molecule has 6 heteroatoms. The average Bonchev–Trinajstić information content (AvgIpc) is 2.48. The Morgan fingerprint density at radius 3 is 2.95 bits per heavy atom. The maximum atomic E-state index is 12.0. The van der Waals surface area contributed by atoms with Gasteiger partial charge in [-0.15, -0.1) is 0 Å². The third kappa shape index (κ3) is 4.97. The van der Waals surface area contributed by atoms with Crippen molar-refractivity contribution >= 4 is 11.9 Å². The van der Waals surface area contributed by atoms with Gasteiger partial charge in [-0.1, -0.05) is 6.92 Å². The second kappa shape index (κ2) is 7.93. The molecular formula is C15H25N5O. The van der Waals surface area contributed by atoms with E-state index >= 15 is 0 Å². The number of amides is 1. The normalized spacial score (nSPS) is 20.1. The Labute approximate surface area is 126 Å². The molecule has 1 aliphatic heterocycles. The zero-order chi connectivity index (χ0) is 15.1. The van der Waals surface area contributed by atoms with Crippen molar-refractivity contribution < 1.29 is 4.79 Å². The number of anilines is 1. The summed E-state index contributed by atoms with van der Waals surface area (Å²) in [4.78, 5) is 22.7. The molecule has 0 radical (unpaired) electrons. The molecule has 2 unspecified atom stereocenters.